The van der Waals surface area contributed by atoms with Crippen LogP contribution in [0.15, 0.2) is 47.2 Å². The second-order valence-corrected chi connectivity index (χ2v) is 3.68. The third-order valence-electron chi connectivity index (χ3n) is 2.40. The first-order valence-electron chi connectivity index (χ1n) is 5.29. The molecule has 1 aromatic carbocycles. The lowest BCUT2D eigenvalue weighted by atomic mass is 10.2. The number of hydrogen-bond donors (Lipinski definition) is 1. The van der Waals surface area contributed by atoms with E-state index in [1.165, 1.54) is 0 Å². The number of nitrogens with two attached hydrogens (primary N) is 1. The van der Waals surface area contributed by atoms with E-state index in [0.717, 1.165) is 11.1 Å². The van der Waals surface area contributed by atoms with E-state index in [0.29, 0.717) is 17.4 Å². The summed E-state index contributed by atoms with van der Waals surface area (Å²) in [6.45, 7) is 0. The van der Waals surface area contributed by atoms with Gasteiger partial charge in [0.25, 0.3) is 5.89 Å². The first-order valence-corrected chi connectivity index (χ1v) is 5.29. The van der Waals surface area contributed by atoms with E-state index in [2.05, 4.69) is 20.3 Å². The van der Waals surface area contributed by atoms with E-state index >= 15 is 0 Å². The second-order valence-electron chi connectivity index (χ2n) is 3.68. The molecule has 0 fully saturated rings. The summed E-state index contributed by atoms with van der Waals surface area (Å²) in [5.41, 5.74) is 7.91. The minimum absolute atomic E-state index is 0.405. The lowest BCUT2D eigenvalue weighted by Crippen LogP contribution is -1.86. The maximum absolute atomic E-state index is 5.71. The molecule has 0 bridgehead atoms. The SMILES string of the molecule is Nc1cccc(-c2noc(-c3ccnnc3)n2)c1. The van der Waals surface area contributed by atoms with Gasteiger partial charge in [0.1, 0.15) is 0 Å². The normalized spacial score (nSPS) is 10.4. The van der Waals surface area contributed by atoms with Gasteiger partial charge >= 0.3 is 0 Å². The fraction of sp³-hybridized carbons (Fsp3) is 0. The molecule has 0 radical (unpaired) electrons. The van der Waals surface area contributed by atoms with E-state index in [9.17, 15) is 0 Å². The van der Waals surface area contributed by atoms with Crippen molar-refractivity contribution in [1.29, 1.82) is 0 Å². The molecule has 0 atom stereocenters. The molecule has 6 heteroatoms. The van der Waals surface area contributed by atoms with Crippen molar-refractivity contribution in [3.63, 3.8) is 0 Å². The number of nitrogens with zero attached hydrogens (tertiary/aromatic N) is 4. The van der Waals surface area contributed by atoms with Gasteiger partial charge in [0.15, 0.2) is 0 Å². The molecule has 3 rings (SSSR count). The zero-order valence-corrected chi connectivity index (χ0v) is 9.32. The zero-order valence-electron chi connectivity index (χ0n) is 9.32. The standard InChI is InChI=1S/C12H9N5O/c13-10-3-1-2-8(6-10)11-16-12(18-17-11)9-4-5-14-15-7-9/h1-7H,13H2. The lowest BCUT2D eigenvalue weighted by molar-refractivity contribution is 0.432. The smallest absolute Gasteiger partial charge is 0.259 e. The highest BCUT2D eigenvalue weighted by Crippen LogP contribution is 2.22. The Balaban J connectivity index is 2.00. The summed E-state index contributed by atoms with van der Waals surface area (Å²) in [5.74, 6) is 0.899. The summed E-state index contributed by atoms with van der Waals surface area (Å²) >= 11 is 0. The predicted molar refractivity (Wildman–Crippen MR) is 65.2 cm³/mol. The molecule has 2 aromatic heterocycles. The first-order chi connectivity index (χ1) is 8.83. The van der Waals surface area contributed by atoms with Crippen LogP contribution in [0.4, 0.5) is 5.69 Å². The summed E-state index contributed by atoms with van der Waals surface area (Å²) < 4.78 is 5.18. The maximum atomic E-state index is 5.71. The molecule has 0 aliphatic heterocycles. The second kappa shape index (κ2) is 4.25. The molecule has 0 spiro atoms. The molecule has 0 saturated heterocycles. The fourth-order valence-corrected chi connectivity index (χ4v) is 1.55. The summed E-state index contributed by atoms with van der Waals surface area (Å²) in [4.78, 5) is 4.29. The van der Waals surface area contributed by atoms with Gasteiger partial charge in [0.05, 0.1) is 18.0 Å². The highest BCUT2D eigenvalue weighted by Gasteiger charge is 2.10. The Morgan fingerprint density at radius 1 is 1.06 bits per heavy atom. The van der Waals surface area contributed by atoms with Crippen LogP contribution in [0.2, 0.25) is 0 Å². The average molecular weight is 239 g/mol. The van der Waals surface area contributed by atoms with Crippen molar-refractivity contribution < 1.29 is 4.52 Å². The maximum Gasteiger partial charge on any atom is 0.259 e. The van der Waals surface area contributed by atoms with Crippen LogP contribution in [0.25, 0.3) is 22.8 Å². The van der Waals surface area contributed by atoms with Crippen molar-refractivity contribution in [2.24, 2.45) is 0 Å². The summed E-state index contributed by atoms with van der Waals surface area (Å²) in [6.07, 6.45) is 3.14. The Morgan fingerprint density at radius 2 is 2.00 bits per heavy atom. The van der Waals surface area contributed by atoms with Gasteiger partial charge < -0.3 is 10.3 Å². The highest BCUT2D eigenvalue weighted by molar-refractivity contribution is 5.62. The number of hydrogen-bond acceptors (Lipinski definition) is 6. The van der Waals surface area contributed by atoms with Crippen LogP contribution in [0.1, 0.15) is 0 Å². The van der Waals surface area contributed by atoms with Crippen molar-refractivity contribution in [1.82, 2.24) is 20.3 Å². The molecule has 2 heterocycles. The number of anilines is 1. The Kier molecular flexibility index (Phi) is 2.45. The minimum atomic E-state index is 0.405. The van der Waals surface area contributed by atoms with Crippen LogP contribution in [0.3, 0.4) is 0 Å². The van der Waals surface area contributed by atoms with Crippen LogP contribution in [-0.4, -0.2) is 20.3 Å². The van der Waals surface area contributed by atoms with Gasteiger partial charge in [0, 0.05) is 11.3 Å². The predicted octanol–water partition coefficient (Wildman–Crippen LogP) is 1.78. The molecule has 18 heavy (non-hydrogen) atoms. The Morgan fingerprint density at radius 3 is 2.78 bits per heavy atom. The van der Waals surface area contributed by atoms with Crippen LogP contribution in [0, 0.1) is 0 Å². The molecule has 0 unspecified atom stereocenters. The number of benzene rings is 1. The Labute approximate surface area is 102 Å². The van der Waals surface area contributed by atoms with E-state index in [4.69, 9.17) is 10.3 Å². The first kappa shape index (κ1) is 10.4. The summed E-state index contributed by atoms with van der Waals surface area (Å²) in [6, 6.07) is 9.06. The van der Waals surface area contributed by atoms with Crippen LogP contribution < -0.4 is 5.73 Å². The van der Waals surface area contributed by atoms with Crippen LogP contribution in [-0.2, 0) is 0 Å². The average Bonchev–Trinajstić information content (AvgIpc) is 2.89. The molecule has 0 saturated carbocycles. The van der Waals surface area contributed by atoms with Crippen molar-refractivity contribution >= 4 is 5.69 Å². The van der Waals surface area contributed by atoms with Crippen LogP contribution >= 0.6 is 0 Å². The monoisotopic (exact) mass is 239 g/mol. The quantitative estimate of drug-likeness (QED) is 0.685. The van der Waals surface area contributed by atoms with Gasteiger partial charge in [-0.3, -0.25) is 0 Å². The third kappa shape index (κ3) is 1.91. The molecule has 2 N–H and O–H groups in total. The van der Waals surface area contributed by atoms with Gasteiger partial charge in [-0.05, 0) is 18.2 Å². The number of rotatable bonds is 2. The molecule has 88 valence electrons. The lowest BCUT2D eigenvalue weighted by Gasteiger charge is -1.95. The third-order valence-corrected chi connectivity index (χ3v) is 2.40. The topological polar surface area (TPSA) is 90.7 Å². The van der Waals surface area contributed by atoms with Gasteiger partial charge in [-0.25, -0.2) is 0 Å². The summed E-state index contributed by atoms with van der Waals surface area (Å²) in [7, 11) is 0. The molecular weight excluding hydrogens is 230 g/mol. The number of nitrogen functional groups attached to an aromatic ring is 1. The highest BCUT2D eigenvalue weighted by atomic mass is 16.5. The van der Waals surface area contributed by atoms with Crippen molar-refractivity contribution in [2.75, 3.05) is 5.73 Å². The molecule has 6 nitrogen and oxygen atoms in total. The van der Waals surface area contributed by atoms with E-state index in [1.807, 2.05) is 12.1 Å². The van der Waals surface area contributed by atoms with E-state index in [-0.39, 0.29) is 0 Å². The van der Waals surface area contributed by atoms with Crippen LogP contribution in [0.5, 0.6) is 0 Å². The molecular formula is C12H9N5O. The van der Waals surface area contributed by atoms with E-state index in [1.54, 1.807) is 30.6 Å². The van der Waals surface area contributed by atoms with Gasteiger partial charge in [-0.1, -0.05) is 17.3 Å². The minimum Gasteiger partial charge on any atom is -0.399 e. The fourth-order valence-electron chi connectivity index (χ4n) is 1.55. The molecule has 0 aliphatic rings. The van der Waals surface area contributed by atoms with Gasteiger partial charge in [0.2, 0.25) is 5.82 Å². The van der Waals surface area contributed by atoms with E-state index < -0.39 is 0 Å². The van der Waals surface area contributed by atoms with Gasteiger partial charge in [-0.2, -0.15) is 15.2 Å². The van der Waals surface area contributed by atoms with Crippen molar-refractivity contribution in [2.45, 2.75) is 0 Å². The number of aromatic nitrogens is 4. The Bertz CT molecular complexity index is 665. The molecule has 3 aromatic rings. The zero-order chi connectivity index (χ0) is 12.4. The Hall–Kier alpha value is -2.76. The summed E-state index contributed by atoms with van der Waals surface area (Å²) in [5, 5.41) is 11.4. The molecule has 0 aliphatic carbocycles. The molecule has 0 amide bonds. The van der Waals surface area contributed by atoms with Crippen molar-refractivity contribution in [3.8, 4) is 22.8 Å². The van der Waals surface area contributed by atoms with Crippen molar-refractivity contribution in [3.05, 3.63) is 42.7 Å². The van der Waals surface area contributed by atoms with Gasteiger partial charge in [-0.15, -0.1) is 0 Å². The largest absolute Gasteiger partial charge is 0.399 e.